The van der Waals surface area contributed by atoms with Crippen LogP contribution in [0.4, 0.5) is 0 Å². The molecule has 0 radical (unpaired) electrons. The molecule has 1 rings (SSSR count). The van der Waals surface area contributed by atoms with Gasteiger partial charge in [0.15, 0.2) is 17.6 Å². The van der Waals surface area contributed by atoms with Gasteiger partial charge in [-0.1, -0.05) is 0 Å². The first-order chi connectivity index (χ1) is 9.96. The smallest absolute Gasteiger partial charge is 0.338 e. The van der Waals surface area contributed by atoms with Gasteiger partial charge in [-0.25, -0.2) is 4.79 Å². The summed E-state index contributed by atoms with van der Waals surface area (Å²) >= 11 is 0. The lowest BCUT2D eigenvalue weighted by atomic mass is 10.0. The molecule has 2 unspecified atom stereocenters. The Morgan fingerprint density at radius 2 is 1.95 bits per heavy atom. The van der Waals surface area contributed by atoms with E-state index in [9.17, 15) is 24.9 Å². The normalized spacial score (nSPS) is 13.3. The van der Waals surface area contributed by atoms with Gasteiger partial charge in [-0.3, -0.25) is 4.79 Å². The third kappa shape index (κ3) is 3.93. The summed E-state index contributed by atoms with van der Waals surface area (Å²) < 4.78 is 9.73. The van der Waals surface area contributed by atoms with Crippen LogP contribution >= 0.6 is 0 Å². The molecule has 0 heterocycles. The summed E-state index contributed by atoms with van der Waals surface area (Å²) in [7, 11) is 0. The molecule has 0 aromatic heterocycles. The first-order valence-electron chi connectivity index (χ1n) is 6.43. The fourth-order valence-corrected chi connectivity index (χ4v) is 1.74. The van der Waals surface area contributed by atoms with Gasteiger partial charge in [0, 0.05) is 11.1 Å². The summed E-state index contributed by atoms with van der Waals surface area (Å²) in [5, 5.41) is 29.7. The molecule has 0 saturated carbocycles. The van der Waals surface area contributed by atoms with E-state index in [-0.39, 0.29) is 30.1 Å². The van der Waals surface area contributed by atoms with Crippen molar-refractivity contribution in [2.45, 2.75) is 26.1 Å². The Morgan fingerprint density at radius 1 is 1.29 bits per heavy atom. The Hall–Kier alpha value is -2.12. The van der Waals surface area contributed by atoms with Crippen LogP contribution in [0.2, 0.25) is 0 Å². The zero-order valence-electron chi connectivity index (χ0n) is 11.8. The van der Waals surface area contributed by atoms with E-state index in [0.29, 0.717) is 6.29 Å². The number of aliphatic hydroxyl groups is 2. The standard InChI is InChI=1S/C14H18O7/c1-3-20-10-6-8(7-15)5-9(11(10)16)12(17)13(18)14(19)21-4-2/h5-7,12-13,16-18H,3-4H2,1-2H3. The third-order valence-electron chi connectivity index (χ3n) is 2.71. The summed E-state index contributed by atoms with van der Waals surface area (Å²) in [5.74, 6) is -1.50. The molecule has 0 aliphatic carbocycles. The number of carbonyl (C=O) groups is 2. The van der Waals surface area contributed by atoms with Gasteiger partial charge in [0.2, 0.25) is 0 Å². The van der Waals surface area contributed by atoms with Crippen molar-refractivity contribution in [3.63, 3.8) is 0 Å². The van der Waals surface area contributed by atoms with Crippen LogP contribution in [-0.4, -0.2) is 46.9 Å². The van der Waals surface area contributed by atoms with E-state index in [0.717, 1.165) is 6.07 Å². The predicted octanol–water partition coefficient (Wildman–Crippen LogP) is 0.561. The van der Waals surface area contributed by atoms with Crippen molar-refractivity contribution in [1.82, 2.24) is 0 Å². The Bertz CT molecular complexity index is 512. The van der Waals surface area contributed by atoms with Gasteiger partial charge in [0.05, 0.1) is 13.2 Å². The van der Waals surface area contributed by atoms with Gasteiger partial charge in [0.1, 0.15) is 12.4 Å². The lowest BCUT2D eigenvalue weighted by Gasteiger charge is -2.19. The molecule has 0 amide bonds. The number of phenols is 1. The van der Waals surface area contributed by atoms with Crippen molar-refractivity contribution in [2.75, 3.05) is 13.2 Å². The Labute approximate surface area is 121 Å². The van der Waals surface area contributed by atoms with E-state index >= 15 is 0 Å². The largest absolute Gasteiger partial charge is 0.504 e. The van der Waals surface area contributed by atoms with Crippen LogP contribution in [0.1, 0.15) is 35.9 Å². The minimum Gasteiger partial charge on any atom is -0.504 e. The zero-order valence-corrected chi connectivity index (χ0v) is 11.8. The highest BCUT2D eigenvalue weighted by Gasteiger charge is 2.30. The van der Waals surface area contributed by atoms with E-state index in [1.165, 1.54) is 6.07 Å². The third-order valence-corrected chi connectivity index (χ3v) is 2.71. The summed E-state index contributed by atoms with van der Waals surface area (Å²) in [5.41, 5.74) is -0.0649. The minimum absolute atomic E-state index is 0.0211. The highest BCUT2D eigenvalue weighted by Crippen LogP contribution is 2.36. The van der Waals surface area contributed by atoms with Crippen molar-refractivity contribution >= 4 is 12.3 Å². The highest BCUT2D eigenvalue weighted by atomic mass is 16.5. The van der Waals surface area contributed by atoms with Gasteiger partial charge in [-0.15, -0.1) is 0 Å². The lowest BCUT2D eigenvalue weighted by molar-refractivity contribution is -0.159. The molecule has 7 nitrogen and oxygen atoms in total. The van der Waals surface area contributed by atoms with E-state index in [2.05, 4.69) is 4.74 Å². The Kier molecular flexibility index (Phi) is 6.13. The van der Waals surface area contributed by atoms with Crippen molar-refractivity contribution in [2.24, 2.45) is 0 Å². The van der Waals surface area contributed by atoms with E-state index in [1.54, 1.807) is 13.8 Å². The predicted molar refractivity (Wildman–Crippen MR) is 72.3 cm³/mol. The fourth-order valence-electron chi connectivity index (χ4n) is 1.74. The number of ether oxygens (including phenoxy) is 2. The number of aliphatic hydroxyl groups excluding tert-OH is 2. The maximum absolute atomic E-state index is 11.4. The molecule has 2 atom stereocenters. The summed E-state index contributed by atoms with van der Waals surface area (Å²) in [6.07, 6.45) is -3.13. The highest BCUT2D eigenvalue weighted by molar-refractivity contribution is 5.79. The Balaban J connectivity index is 3.18. The molecular weight excluding hydrogens is 280 g/mol. The molecule has 3 N–H and O–H groups in total. The molecule has 0 aliphatic heterocycles. The fraction of sp³-hybridized carbons (Fsp3) is 0.429. The lowest BCUT2D eigenvalue weighted by Crippen LogP contribution is -2.30. The molecular formula is C14H18O7. The van der Waals surface area contributed by atoms with Gasteiger partial charge in [0.25, 0.3) is 0 Å². The van der Waals surface area contributed by atoms with Crippen LogP contribution in [0.3, 0.4) is 0 Å². The van der Waals surface area contributed by atoms with Crippen molar-refractivity contribution in [3.8, 4) is 11.5 Å². The molecule has 116 valence electrons. The van der Waals surface area contributed by atoms with Crippen molar-refractivity contribution < 1.29 is 34.4 Å². The SMILES string of the molecule is CCOC(=O)C(O)C(O)c1cc(C=O)cc(OCC)c1O. The Morgan fingerprint density at radius 3 is 2.48 bits per heavy atom. The van der Waals surface area contributed by atoms with Crippen LogP contribution in [0.15, 0.2) is 12.1 Å². The second kappa shape index (κ2) is 7.61. The summed E-state index contributed by atoms with van der Waals surface area (Å²) in [4.78, 5) is 22.3. The molecule has 1 aromatic rings. The average molecular weight is 298 g/mol. The summed E-state index contributed by atoms with van der Waals surface area (Å²) in [6.45, 7) is 3.49. The van der Waals surface area contributed by atoms with Crippen LogP contribution in [0.25, 0.3) is 0 Å². The maximum Gasteiger partial charge on any atom is 0.338 e. The molecule has 0 bridgehead atoms. The van der Waals surface area contributed by atoms with E-state index in [4.69, 9.17) is 4.74 Å². The molecule has 0 fully saturated rings. The molecule has 0 saturated heterocycles. The summed E-state index contributed by atoms with van der Waals surface area (Å²) in [6, 6.07) is 2.46. The number of hydrogen-bond acceptors (Lipinski definition) is 7. The molecule has 21 heavy (non-hydrogen) atoms. The van der Waals surface area contributed by atoms with Gasteiger partial charge in [-0.2, -0.15) is 0 Å². The van der Waals surface area contributed by atoms with E-state index in [1.807, 2.05) is 0 Å². The van der Waals surface area contributed by atoms with Crippen LogP contribution in [0, 0.1) is 0 Å². The number of hydrogen-bond donors (Lipinski definition) is 3. The molecule has 1 aromatic carbocycles. The second-order valence-electron chi connectivity index (χ2n) is 4.15. The van der Waals surface area contributed by atoms with Crippen LogP contribution < -0.4 is 4.74 Å². The minimum atomic E-state index is -1.88. The first kappa shape index (κ1) is 16.9. The average Bonchev–Trinajstić information content (AvgIpc) is 2.48. The van der Waals surface area contributed by atoms with Crippen molar-refractivity contribution in [3.05, 3.63) is 23.3 Å². The van der Waals surface area contributed by atoms with Gasteiger partial charge in [-0.05, 0) is 26.0 Å². The number of phenolic OH excluding ortho intramolecular Hbond substituents is 1. The number of aldehydes is 1. The quantitative estimate of drug-likeness (QED) is 0.498. The van der Waals surface area contributed by atoms with Crippen molar-refractivity contribution in [1.29, 1.82) is 0 Å². The number of carbonyl (C=O) groups excluding carboxylic acids is 2. The maximum atomic E-state index is 11.4. The molecule has 0 aliphatic rings. The monoisotopic (exact) mass is 298 g/mol. The number of esters is 1. The van der Waals surface area contributed by atoms with Gasteiger partial charge >= 0.3 is 5.97 Å². The van der Waals surface area contributed by atoms with Gasteiger partial charge < -0.3 is 24.8 Å². The number of benzene rings is 1. The molecule has 7 heteroatoms. The topological polar surface area (TPSA) is 113 Å². The second-order valence-corrected chi connectivity index (χ2v) is 4.15. The van der Waals surface area contributed by atoms with E-state index < -0.39 is 23.9 Å². The zero-order chi connectivity index (χ0) is 16.0. The number of rotatable bonds is 7. The molecule has 0 spiro atoms. The first-order valence-corrected chi connectivity index (χ1v) is 6.43. The van der Waals surface area contributed by atoms with Crippen LogP contribution in [-0.2, 0) is 9.53 Å². The number of aromatic hydroxyl groups is 1. The van der Waals surface area contributed by atoms with Crippen LogP contribution in [0.5, 0.6) is 11.5 Å².